The first-order valence-electron chi connectivity index (χ1n) is 5.19. The van der Waals surface area contributed by atoms with Crippen molar-refractivity contribution in [3.05, 3.63) is 23.1 Å². The van der Waals surface area contributed by atoms with E-state index in [-0.39, 0.29) is 11.1 Å². The summed E-state index contributed by atoms with van der Waals surface area (Å²) in [5, 5.41) is 3.02. The maximum atomic E-state index is 11.6. The first kappa shape index (κ1) is 10.6. The zero-order valence-corrected chi connectivity index (χ0v) is 9.38. The maximum absolute atomic E-state index is 11.6. The first-order valence-corrected chi connectivity index (χ1v) is 5.57. The summed E-state index contributed by atoms with van der Waals surface area (Å²) < 4.78 is 4.86. The fraction of sp³-hybridized carbons (Fsp3) is 0.545. The Morgan fingerprint density at radius 1 is 1.73 bits per heavy atom. The third kappa shape index (κ3) is 2.53. The molecule has 1 aliphatic rings. The molecule has 1 aliphatic carbocycles. The Labute approximate surface area is 93.8 Å². The van der Waals surface area contributed by atoms with Gasteiger partial charge in [0.1, 0.15) is 0 Å². The molecule has 2 rings (SSSR count). The molecule has 82 valence electrons. The molecule has 0 aliphatic heterocycles. The fourth-order valence-corrected chi connectivity index (χ4v) is 1.84. The van der Waals surface area contributed by atoms with Gasteiger partial charge in [-0.05, 0) is 42.3 Å². The number of halogens is 1. The van der Waals surface area contributed by atoms with E-state index in [1.807, 2.05) is 0 Å². The number of rotatable bonds is 4. The molecule has 0 aromatic carbocycles. The molecule has 1 atom stereocenters. The van der Waals surface area contributed by atoms with E-state index >= 15 is 0 Å². The molecule has 0 bridgehead atoms. The van der Waals surface area contributed by atoms with Crippen molar-refractivity contribution >= 4 is 17.5 Å². The number of amides is 1. The summed E-state index contributed by atoms with van der Waals surface area (Å²) >= 11 is 5.70. The van der Waals surface area contributed by atoms with Crippen LogP contribution in [0.1, 0.15) is 30.1 Å². The van der Waals surface area contributed by atoms with Crippen LogP contribution in [-0.2, 0) is 0 Å². The van der Waals surface area contributed by atoms with Crippen LogP contribution in [0.15, 0.2) is 16.7 Å². The molecule has 1 amide bonds. The fourth-order valence-electron chi connectivity index (χ4n) is 1.64. The minimum Gasteiger partial charge on any atom is -0.452 e. The Morgan fingerprint density at radius 3 is 3.00 bits per heavy atom. The van der Waals surface area contributed by atoms with Crippen molar-refractivity contribution in [3.63, 3.8) is 0 Å². The van der Waals surface area contributed by atoms with E-state index in [9.17, 15) is 4.79 Å². The topological polar surface area (TPSA) is 42.2 Å². The smallest absolute Gasteiger partial charge is 0.256 e. The van der Waals surface area contributed by atoms with Crippen LogP contribution in [0, 0.1) is 11.8 Å². The largest absolute Gasteiger partial charge is 0.452 e. The molecule has 1 fully saturated rings. The highest BCUT2D eigenvalue weighted by atomic mass is 35.5. The van der Waals surface area contributed by atoms with Gasteiger partial charge < -0.3 is 9.73 Å². The Kier molecular flexibility index (Phi) is 3.00. The third-order valence-electron chi connectivity index (χ3n) is 2.87. The van der Waals surface area contributed by atoms with E-state index in [1.165, 1.54) is 19.1 Å². The number of hydrogen-bond acceptors (Lipinski definition) is 2. The molecule has 1 unspecified atom stereocenters. The Bertz CT molecular complexity index is 357. The minimum absolute atomic E-state index is 0.152. The number of furan rings is 1. The van der Waals surface area contributed by atoms with Crippen molar-refractivity contribution in [3.8, 4) is 0 Å². The number of nitrogens with one attached hydrogen (secondary N) is 1. The van der Waals surface area contributed by atoms with E-state index in [0.717, 1.165) is 5.92 Å². The second kappa shape index (κ2) is 4.27. The van der Waals surface area contributed by atoms with Crippen LogP contribution >= 0.6 is 11.6 Å². The van der Waals surface area contributed by atoms with Crippen LogP contribution in [-0.4, -0.2) is 12.5 Å². The molecule has 1 aromatic heterocycles. The van der Waals surface area contributed by atoms with Gasteiger partial charge in [0.15, 0.2) is 0 Å². The van der Waals surface area contributed by atoms with Crippen LogP contribution < -0.4 is 5.32 Å². The summed E-state index contributed by atoms with van der Waals surface area (Å²) in [5.74, 6) is 1.20. The summed E-state index contributed by atoms with van der Waals surface area (Å²) in [6, 6.07) is 1.58. The molecule has 0 saturated heterocycles. The van der Waals surface area contributed by atoms with Crippen LogP contribution in [0.3, 0.4) is 0 Å². The Morgan fingerprint density at radius 2 is 2.47 bits per heavy atom. The predicted molar refractivity (Wildman–Crippen MR) is 57.9 cm³/mol. The first-order chi connectivity index (χ1) is 7.18. The van der Waals surface area contributed by atoms with Gasteiger partial charge in [-0.2, -0.15) is 0 Å². The molecule has 0 spiro atoms. The van der Waals surface area contributed by atoms with Crippen LogP contribution in [0.2, 0.25) is 5.22 Å². The van der Waals surface area contributed by atoms with Crippen molar-refractivity contribution in [2.45, 2.75) is 19.8 Å². The van der Waals surface area contributed by atoms with E-state index in [1.54, 1.807) is 6.07 Å². The molecule has 15 heavy (non-hydrogen) atoms. The highest BCUT2D eigenvalue weighted by Gasteiger charge is 2.28. The zero-order valence-electron chi connectivity index (χ0n) is 8.63. The third-order valence-corrected chi connectivity index (χ3v) is 3.17. The van der Waals surface area contributed by atoms with Crippen molar-refractivity contribution in [2.75, 3.05) is 6.54 Å². The molecule has 1 N–H and O–H groups in total. The highest BCUT2D eigenvalue weighted by molar-refractivity contribution is 6.32. The van der Waals surface area contributed by atoms with Gasteiger partial charge >= 0.3 is 0 Å². The molecule has 1 saturated carbocycles. The summed E-state index contributed by atoms with van der Waals surface area (Å²) in [4.78, 5) is 11.6. The molecule has 1 heterocycles. The van der Waals surface area contributed by atoms with Crippen molar-refractivity contribution < 1.29 is 9.21 Å². The Balaban J connectivity index is 1.84. The molecular weight excluding hydrogens is 214 g/mol. The average molecular weight is 228 g/mol. The lowest BCUT2D eigenvalue weighted by atomic mass is 10.1. The van der Waals surface area contributed by atoms with Crippen molar-refractivity contribution in [2.24, 2.45) is 11.8 Å². The number of carbonyl (C=O) groups excluding carboxylic acids is 1. The quantitative estimate of drug-likeness (QED) is 0.860. The average Bonchev–Trinajstić information content (AvgIpc) is 2.98. The van der Waals surface area contributed by atoms with E-state index in [2.05, 4.69) is 12.2 Å². The monoisotopic (exact) mass is 227 g/mol. The summed E-state index contributed by atoms with van der Waals surface area (Å²) in [5.41, 5.74) is 0.416. The lowest BCUT2D eigenvalue weighted by molar-refractivity contribution is 0.0946. The van der Waals surface area contributed by atoms with Gasteiger partial charge in [0.25, 0.3) is 5.91 Å². The summed E-state index contributed by atoms with van der Waals surface area (Å²) in [6.45, 7) is 2.87. The molecule has 4 heteroatoms. The normalized spacial score (nSPS) is 17.5. The van der Waals surface area contributed by atoms with E-state index in [4.69, 9.17) is 16.0 Å². The van der Waals surface area contributed by atoms with Gasteiger partial charge in [0, 0.05) is 6.54 Å². The second-order valence-electron chi connectivity index (χ2n) is 4.13. The lowest BCUT2D eigenvalue weighted by Gasteiger charge is -2.10. The standard InChI is InChI=1S/C11H14ClNO2/c1-7(8-2-3-8)6-13-11(14)9-4-5-15-10(9)12/h4-5,7-8H,2-3,6H2,1H3,(H,13,14). The van der Waals surface area contributed by atoms with Crippen molar-refractivity contribution in [1.82, 2.24) is 5.32 Å². The number of carbonyl (C=O) groups is 1. The molecular formula is C11H14ClNO2. The summed E-state index contributed by atoms with van der Waals surface area (Å²) in [6.07, 6.45) is 4.01. The van der Waals surface area contributed by atoms with Crippen LogP contribution in [0.4, 0.5) is 0 Å². The zero-order chi connectivity index (χ0) is 10.8. The van der Waals surface area contributed by atoms with Gasteiger partial charge in [-0.3, -0.25) is 4.79 Å². The van der Waals surface area contributed by atoms with Gasteiger partial charge in [-0.25, -0.2) is 0 Å². The van der Waals surface area contributed by atoms with Gasteiger partial charge in [0.2, 0.25) is 5.22 Å². The SMILES string of the molecule is CC(CNC(=O)c1ccoc1Cl)C1CC1. The second-order valence-corrected chi connectivity index (χ2v) is 4.48. The van der Waals surface area contributed by atoms with Gasteiger partial charge in [-0.15, -0.1) is 0 Å². The van der Waals surface area contributed by atoms with Crippen LogP contribution in [0.5, 0.6) is 0 Å². The van der Waals surface area contributed by atoms with E-state index < -0.39 is 0 Å². The Hall–Kier alpha value is -0.960. The number of hydrogen-bond donors (Lipinski definition) is 1. The van der Waals surface area contributed by atoms with E-state index in [0.29, 0.717) is 18.0 Å². The molecule has 3 nitrogen and oxygen atoms in total. The van der Waals surface area contributed by atoms with Crippen LogP contribution in [0.25, 0.3) is 0 Å². The maximum Gasteiger partial charge on any atom is 0.256 e. The molecule has 0 radical (unpaired) electrons. The predicted octanol–water partition coefficient (Wildman–Crippen LogP) is 2.71. The van der Waals surface area contributed by atoms with Gasteiger partial charge in [-0.1, -0.05) is 6.92 Å². The van der Waals surface area contributed by atoms with Gasteiger partial charge in [0.05, 0.1) is 11.8 Å². The molecule has 1 aromatic rings. The minimum atomic E-state index is -0.152. The summed E-state index contributed by atoms with van der Waals surface area (Å²) in [7, 11) is 0. The highest BCUT2D eigenvalue weighted by Crippen LogP contribution is 2.36. The lowest BCUT2D eigenvalue weighted by Crippen LogP contribution is -2.28. The van der Waals surface area contributed by atoms with Crippen molar-refractivity contribution in [1.29, 1.82) is 0 Å².